The Labute approximate surface area is 71.7 Å². The fraction of sp³-hybridized carbons (Fsp3) is 0.182. The van der Waals surface area contributed by atoms with E-state index in [-0.39, 0.29) is 5.78 Å². The van der Waals surface area contributed by atoms with Gasteiger partial charge in [0.25, 0.3) is 0 Å². The zero-order chi connectivity index (χ0) is 8.55. The molecule has 1 aromatic rings. The smallest absolute Gasteiger partial charge is 0.163 e. The van der Waals surface area contributed by atoms with Crippen LogP contribution < -0.4 is 0 Å². The number of Topliss-reactive ketones (excluding diaryl/α,β-unsaturated/α-hetero) is 1. The maximum absolute atomic E-state index is 11.3. The highest BCUT2D eigenvalue weighted by molar-refractivity contribution is 6.00. The molecule has 0 aliphatic heterocycles. The normalized spacial score (nSPS) is 14.5. The van der Waals surface area contributed by atoms with Crippen LogP contribution in [0.25, 0.3) is 6.08 Å². The van der Waals surface area contributed by atoms with E-state index in [9.17, 15) is 4.79 Å². The Morgan fingerprint density at radius 3 is 2.92 bits per heavy atom. The molecule has 1 aliphatic rings. The second-order valence-corrected chi connectivity index (χ2v) is 3.04. The van der Waals surface area contributed by atoms with Crippen LogP contribution in [0.3, 0.4) is 0 Å². The summed E-state index contributed by atoms with van der Waals surface area (Å²) in [4.78, 5) is 11.3. The lowest BCUT2D eigenvalue weighted by Crippen LogP contribution is -1.90. The van der Waals surface area contributed by atoms with Gasteiger partial charge in [0.05, 0.1) is 0 Å². The molecule has 0 fully saturated rings. The number of carbonyl (C=O) groups excluding carboxylic acids is 1. The number of rotatable bonds is 1. The van der Waals surface area contributed by atoms with Gasteiger partial charge in [-0.05, 0) is 23.6 Å². The highest BCUT2D eigenvalue weighted by Crippen LogP contribution is 2.23. The van der Waals surface area contributed by atoms with Crippen LogP contribution in [0.2, 0.25) is 0 Å². The number of hydrogen-bond acceptors (Lipinski definition) is 1. The lowest BCUT2D eigenvalue weighted by molar-refractivity contribution is 0.0994. The van der Waals surface area contributed by atoms with E-state index < -0.39 is 0 Å². The van der Waals surface area contributed by atoms with Crippen LogP contribution in [0.5, 0.6) is 0 Å². The molecule has 0 saturated carbocycles. The maximum Gasteiger partial charge on any atom is 0.163 e. The number of benzene rings is 1. The van der Waals surface area contributed by atoms with Gasteiger partial charge < -0.3 is 0 Å². The van der Waals surface area contributed by atoms with E-state index in [1.807, 2.05) is 18.2 Å². The number of ketones is 1. The van der Waals surface area contributed by atoms with Gasteiger partial charge in [0.2, 0.25) is 0 Å². The van der Waals surface area contributed by atoms with Gasteiger partial charge in [-0.25, -0.2) is 0 Å². The monoisotopic (exact) mass is 158 g/mol. The fourth-order valence-electron chi connectivity index (χ4n) is 1.58. The predicted molar refractivity (Wildman–Crippen MR) is 49.2 cm³/mol. The first-order valence-electron chi connectivity index (χ1n) is 4.10. The largest absolute Gasteiger partial charge is 0.294 e. The van der Waals surface area contributed by atoms with Crippen molar-refractivity contribution < 1.29 is 4.79 Å². The van der Waals surface area contributed by atoms with Gasteiger partial charge in [-0.3, -0.25) is 4.79 Å². The van der Waals surface area contributed by atoms with Gasteiger partial charge in [0.15, 0.2) is 5.78 Å². The van der Waals surface area contributed by atoms with E-state index in [1.165, 1.54) is 5.56 Å². The predicted octanol–water partition coefficient (Wildman–Crippen LogP) is 2.46. The van der Waals surface area contributed by atoms with Crippen molar-refractivity contribution in [3.63, 3.8) is 0 Å². The van der Waals surface area contributed by atoms with Crippen molar-refractivity contribution in [3.8, 4) is 0 Å². The SMILES string of the molecule is C=Cc1ccc2c(c1)C(=O)CC2. The van der Waals surface area contributed by atoms with E-state index in [0.29, 0.717) is 6.42 Å². The molecule has 60 valence electrons. The Morgan fingerprint density at radius 2 is 2.17 bits per heavy atom. The molecule has 1 heteroatoms. The first kappa shape index (κ1) is 7.29. The van der Waals surface area contributed by atoms with Crippen LogP contribution in [0.4, 0.5) is 0 Å². The highest BCUT2D eigenvalue weighted by Gasteiger charge is 2.18. The molecule has 0 amide bonds. The van der Waals surface area contributed by atoms with Crippen LogP contribution in [0.15, 0.2) is 24.8 Å². The maximum atomic E-state index is 11.3. The molecule has 0 bridgehead atoms. The minimum atomic E-state index is 0.272. The quantitative estimate of drug-likeness (QED) is 0.613. The third-order valence-electron chi connectivity index (χ3n) is 2.29. The van der Waals surface area contributed by atoms with Crippen molar-refractivity contribution in [2.75, 3.05) is 0 Å². The van der Waals surface area contributed by atoms with Crippen LogP contribution in [-0.4, -0.2) is 5.78 Å². The molecule has 1 nitrogen and oxygen atoms in total. The highest BCUT2D eigenvalue weighted by atomic mass is 16.1. The van der Waals surface area contributed by atoms with Crippen molar-refractivity contribution >= 4 is 11.9 Å². The van der Waals surface area contributed by atoms with Gasteiger partial charge >= 0.3 is 0 Å². The summed E-state index contributed by atoms with van der Waals surface area (Å²) in [5.74, 6) is 0.272. The zero-order valence-electron chi connectivity index (χ0n) is 6.84. The molecule has 0 heterocycles. The summed E-state index contributed by atoms with van der Waals surface area (Å²) in [6.07, 6.45) is 3.35. The lowest BCUT2D eigenvalue weighted by atomic mass is 10.1. The van der Waals surface area contributed by atoms with Crippen molar-refractivity contribution in [1.29, 1.82) is 0 Å². The van der Waals surface area contributed by atoms with Gasteiger partial charge in [0, 0.05) is 12.0 Å². The first-order chi connectivity index (χ1) is 5.81. The van der Waals surface area contributed by atoms with E-state index in [4.69, 9.17) is 0 Å². The molecule has 1 aliphatic carbocycles. The van der Waals surface area contributed by atoms with Crippen molar-refractivity contribution in [2.24, 2.45) is 0 Å². The summed E-state index contributed by atoms with van der Waals surface area (Å²) >= 11 is 0. The van der Waals surface area contributed by atoms with E-state index >= 15 is 0 Å². The summed E-state index contributed by atoms with van der Waals surface area (Å²) in [5.41, 5.74) is 3.11. The van der Waals surface area contributed by atoms with Crippen LogP contribution >= 0.6 is 0 Å². The Hall–Kier alpha value is -1.37. The van der Waals surface area contributed by atoms with Crippen LogP contribution in [0.1, 0.15) is 27.9 Å². The summed E-state index contributed by atoms with van der Waals surface area (Å²) in [5, 5.41) is 0. The number of hydrogen-bond donors (Lipinski definition) is 0. The molecule has 1 aromatic carbocycles. The van der Waals surface area contributed by atoms with E-state index in [2.05, 4.69) is 6.58 Å². The number of aryl methyl sites for hydroxylation is 1. The zero-order valence-corrected chi connectivity index (χ0v) is 6.84. The number of fused-ring (bicyclic) bond motifs is 1. The first-order valence-corrected chi connectivity index (χ1v) is 4.10. The average Bonchev–Trinajstić information content (AvgIpc) is 2.47. The van der Waals surface area contributed by atoms with Gasteiger partial charge in [-0.1, -0.05) is 24.8 Å². The summed E-state index contributed by atoms with van der Waals surface area (Å²) < 4.78 is 0. The summed E-state index contributed by atoms with van der Waals surface area (Å²) in [6, 6.07) is 5.96. The molecule has 0 N–H and O–H groups in total. The standard InChI is InChI=1S/C11H10O/c1-2-8-3-4-9-5-6-11(12)10(9)7-8/h2-4,7H,1,5-6H2. The third-order valence-corrected chi connectivity index (χ3v) is 2.29. The van der Waals surface area contributed by atoms with Crippen LogP contribution in [0, 0.1) is 0 Å². The Kier molecular flexibility index (Phi) is 1.58. The van der Waals surface area contributed by atoms with Crippen LogP contribution in [-0.2, 0) is 6.42 Å². The average molecular weight is 158 g/mol. The molecular formula is C11H10O. The Bertz CT molecular complexity index is 350. The van der Waals surface area contributed by atoms with Crippen molar-refractivity contribution in [3.05, 3.63) is 41.5 Å². The van der Waals surface area contributed by atoms with Crippen molar-refractivity contribution in [1.82, 2.24) is 0 Å². The fourth-order valence-corrected chi connectivity index (χ4v) is 1.58. The second-order valence-electron chi connectivity index (χ2n) is 3.04. The molecule has 0 atom stereocenters. The lowest BCUT2D eigenvalue weighted by Gasteiger charge is -1.98. The topological polar surface area (TPSA) is 17.1 Å². The van der Waals surface area contributed by atoms with Gasteiger partial charge in [0.1, 0.15) is 0 Å². The molecule has 0 unspecified atom stereocenters. The molecule has 0 spiro atoms. The summed E-state index contributed by atoms with van der Waals surface area (Å²) in [6.45, 7) is 3.67. The van der Waals surface area contributed by atoms with Crippen molar-refractivity contribution in [2.45, 2.75) is 12.8 Å². The molecule has 12 heavy (non-hydrogen) atoms. The minimum absolute atomic E-state index is 0.272. The number of carbonyl (C=O) groups is 1. The molecule has 0 radical (unpaired) electrons. The third kappa shape index (κ3) is 0.981. The Balaban J connectivity index is 2.57. The molecule has 0 saturated heterocycles. The molecule has 0 aromatic heterocycles. The van der Waals surface area contributed by atoms with Gasteiger partial charge in [-0.2, -0.15) is 0 Å². The molecular weight excluding hydrogens is 148 g/mol. The summed E-state index contributed by atoms with van der Waals surface area (Å²) in [7, 11) is 0. The van der Waals surface area contributed by atoms with Gasteiger partial charge in [-0.15, -0.1) is 0 Å². The second kappa shape index (κ2) is 2.59. The minimum Gasteiger partial charge on any atom is -0.294 e. The van der Waals surface area contributed by atoms with E-state index in [1.54, 1.807) is 6.08 Å². The molecule has 2 rings (SSSR count). The Morgan fingerprint density at radius 1 is 1.33 bits per heavy atom. The van der Waals surface area contributed by atoms with E-state index in [0.717, 1.165) is 17.5 Å².